The average molecular weight is 242 g/mol. The summed E-state index contributed by atoms with van der Waals surface area (Å²) in [5.41, 5.74) is 7.83. The Hall–Kier alpha value is -1.04. The Labute approximate surface area is 112 Å². The van der Waals surface area contributed by atoms with Gasteiger partial charge in [-0.2, -0.15) is 0 Å². The third-order valence-electron chi connectivity index (χ3n) is 3.94. The van der Waals surface area contributed by atoms with Crippen LogP contribution in [0.25, 0.3) is 5.57 Å². The van der Waals surface area contributed by atoms with Gasteiger partial charge in [-0.25, -0.2) is 0 Å². The SMILES string of the molecule is CCCCc1cc(C)c2c(c1)CC(C)(C)C=C2C. The van der Waals surface area contributed by atoms with Gasteiger partial charge in [-0.1, -0.05) is 45.4 Å². The number of unbranched alkanes of at least 4 members (excludes halogenated alkanes) is 1. The van der Waals surface area contributed by atoms with Gasteiger partial charge < -0.3 is 0 Å². The molecule has 0 fully saturated rings. The van der Waals surface area contributed by atoms with Crippen LogP contribution in [-0.2, 0) is 12.8 Å². The minimum atomic E-state index is 0.312. The summed E-state index contributed by atoms with van der Waals surface area (Å²) in [4.78, 5) is 0. The quantitative estimate of drug-likeness (QED) is 0.672. The molecule has 0 saturated carbocycles. The molecule has 0 radical (unpaired) electrons. The molecule has 2 rings (SSSR count). The maximum Gasteiger partial charge on any atom is -0.0128 e. The topological polar surface area (TPSA) is 0 Å². The number of rotatable bonds is 3. The fourth-order valence-corrected chi connectivity index (χ4v) is 3.37. The highest BCUT2D eigenvalue weighted by Crippen LogP contribution is 2.38. The van der Waals surface area contributed by atoms with Crippen LogP contribution in [0, 0.1) is 12.3 Å². The third-order valence-corrected chi connectivity index (χ3v) is 3.94. The van der Waals surface area contributed by atoms with E-state index in [1.165, 1.54) is 47.9 Å². The molecule has 98 valence electrons. The zero-order valence-electron chi connectivity index (χ0n) is 12.6. The Morgan fingerprint density at radius 3 is 2.56 bits per heavy atom. The smallest absolute Gasteiger partial charge is 0.0128 e. The van der Waals surface area contributed by atoms with Gasteiger partial charge in [0, 0.05) is 0 Å². The van der Waals surface area contributed by atoms with Gasteiger partial charge in [0.1, 0.15) is 0 Å². The Balaban J connectivity index is 2.42. The van der Waals surface area contributed by atoms with Crippen molar-refractivity contribution in [3.8, 4) is 0 Å². The molecule has 0 nitrogen and oxygen atoms in total. The van der Waals surface area contributed by atoms with Crippen molar-refractivity contribution in [3.05, 3.63) is 40.5 Å². The molecule has 1 aliphatic carbocycles. The lowest BCUT2D eigenvalue weighted by Gasteiger charge is -2.30. The van der Waals surface area contributed by atoms with Crippen LogP contribution >= 0.6 is 0 Å². The summed E-state index contributed by atoms with van der Waals surface area (Å²) in [6, 6.07) is 4.85. The summed E-state index contributed by atoms with van der Waals surface area (Å²) in [6.45, 7) is 11.5. The van der Waals surface area contributed by atoms with Crippen molar-refractivity contribution in [2.45, 2.75) is 60.3 Å². The first kappa shape index (κ1) is 13.4. The van der Waals surface area contributed by atoms with Crippen molar-refractivity contribution in [1.29, 1.82) is 0 Å². The molecule has 1 aliphatic rings. The van der Waals surface area contributed by atoms with Gasteiger partial charge in [-0.05, 0) is 66.4 Å². The first-order chi connectivity index (χ1) is 8.43. The molecule has 1 aromatic rings. The predicted octanol–water partition coefficient (Wildman–Crippen LogP) is 5.32. The number of allylic oxidation sites excluding steroid dienone is 2. The van der Waals surface area contributed by atoms with Gasteiger partial charge in [0.15, 0.2) is 0 Å². The summed E-state index contributed by atoms with van der Waals surface area (Å²) in [5, 5.41) is 0. The van der Waals surface area contributed by atoms with Crippen LogP contribution in [0.15, 0.2) is 18.2 Å². The monoisotopic (exact) mass is 242 g/mol. The van der Waals surface area contributed by atoms with E-state index in [1.54, 1.807) is 5.56 Å². The normalized spacial score (nSPS) is 17.3. The first-order valence-corrected chi connectivity index (χ1v) is 7.25. The van der Waals surface area contributed by atoms with E-state index < -0.39 is 0 Å². The standard InChI is InChI=1S/C18H26/c1-6-7-8-15-9-13(2)17-14(3)11-18(4,5)12-16(17)10-15/h9-11H,6-8,12H2,1-5H3. The van der Waals surface area contributed by atoms with Crippen LogP contribution in [-0.4, -0.2) is 0 Å². The highest BCUT2D eigenvalue weighted by molar-refractivity contribution is 5.72. The lowest BCUT2D eigenvalue weighted by molar-refractivity contribution is 0.472. The molecule has 0 aliphatic heterocycles. The zero-order valence-corrected chi connectivity index (χ0v) is 12.6. The van der Waals surface area contributed by atoms with Crippen LogP contribution in [0.3, 0.4) is 0 Å². The fraction of sp³-hybridized carbons (Fsp3) is 0.556. The average Bonchev–Trinajstić information content (AvgIpc) is 2.23. The van der Waals surface area contributed by atoms with Crippen molar-refractivity contribution >= 4 is 5.57 Å². The maximum atomic E-state index is 2.45. The molecule has 0 spiro atoms. The third kappa shape index (κ3) is 2.68. The molecule has 0 N–H and O–H groups in total. The molecule has 0 atom stereocenters. The number of aryl methyl sites for hydroxylation is 2. The number of hydrogen-bond acceptors (Lipinski definition) is 0. The molecule has 0 amide bonds. The Morgan fingerprint density at radius 2 is 1.89 bits per heavy atom. The summed E-state index contributed by atoms with van der Waals surface area (Å²) in [5.74, 6) is 0. The van der Waals surface area contributed by atoms with Gasteiger partial charge in [0.05, 0.1) is 0 Å². The van der Waals surface area contributed by atoms with Gasteiger partial charge in [-0.3, -0.25) is 0 Å². The zero-order chi connectivity index (χ0) is 13.3. The summed E-state index contributed by atoms with van der Waals surface area (Å²) in [6.07, 6.45) is 7.43. The number of benzene rings is 1. The maximum absolute atomic E-state index is 2.45. The molecule has 0 bridgehead atoms. The van der Waals surface area contributed by atoms with E-state index in [2.05, 4.69) is 52.8 Å². The van der Waals surface area contributed by atoms with Crippen molar-refractivity contribution in [3.63, 3.8) is 0 Å². The molecule has 0 heterocycles. The van der Waals surface area contributed by atoms with Crippen LogP contribution in [0.1, 0.15) is 62.8 Å². The summed E-state index contributed by atoms with van der Waals surface area (Å²) < 4.78 is 0. The Bertz CT molecular complexity index is 475. The second-order valence-electron chi connectivity index (χ2n) is 6.54. The van der Waals surface area contributed by atoms with E-state index in [0.717, 1.165) is 0 Å². The molecule has 0 heteroatoms. The van der Waals surface area contributed by atoms with Crippen LogP contribution in [0.2, 0.25) is 0 Å². The van der Waals surface area contributed by atoms with E-state index in [9.17, 15) is 0 Å². The Kier molecular flexibility index (Phi) is 3.66. The first-order valence-electron chi connectivity index (χ1n) is 7.25. The van der Waals surface area contributed by atoms with Crippen LogP contribution in [0.4, 0.5) is 0 Å². The van der Waals surface area contributed by atoms with Gasteiger partial charge in [0.2, 0.25) is 0 Å². The highest BCUT2D eigenvalue weighted by atomic mass is 14.3. The largest absolute Gasteiger partial charge is 0.0750 e. The van der Waals surface area contributed by atoms with Gasteiger partial charge >= 0.3 is 0 Å². The highest BCUT2D eigenvalue weighted by Gasteiger charge is 2.24. The van der Waals surface area contributed by atoms with Gasteiger partial charge in [-0.15, -0.1) is 0 Å². The van der Waals surface area contributed by atoms with E-state index in [1.807, 2.05) is 0 Å². The van der Waals surface area contributed by atoms with Crippen LogP contribution in [0.5, 0.6) is 0 Å². The fourth-order valence-electron chi connectivity index (χ4n) is 3.37. The molecular formula is C18H26. The van der Waals surface area contributed by atoms with Crippen LogP contribution < -0.4 is 0 Å². The molecule has 0 aromatic heterocycles. The number of fused-ring (bicyclic) bond motifs is 1. The van der Waals surface area contributed by atoms with Crippen molar-refractivity contribution in [2.24, 2.45) is 5.41 Å². The second-order valence-corrected chi connectivity index (χ2v) is 6.54. The second kappa shape index (κ2) is 4.91. The molecule has 1 aromatic carbocycles. The minimum Gasteiger partial charge on any atom is -0.0750 e. The molecule has 18 heavy (non-hydrogen) atoms. The van der Waals surface area contributed by atoms with Crippen molar-refractivity contribution in [1.82, 2.24) is 0 Å². The van der Waals surface area contributed by atoms with E-state index in [4.69, 9.17) is 0 Å². The minimum absolute atomic E-state index is 0.312. The molecule has 0 unspecified atom stereocenters. The summed E-state index contributed by atoms with van der Waals surface area (Å²) >= 11 is 0. The summed E-state index contributed by atoms with van der Waals surface area (Å²) in [7, 11) is 0. The van der Waals surface area contributed by atoms with Crippen molar-refractivity contribution in [2.75, 3.05) is 0 Å². The lowest BCUT2D eigenvalue weighted by atomic mass is 9.75. The predicted molar refractivity (Wildman–Crippen MR) is 80.9 cm³/mol. The van der Waals surface area contributed by atoms with Crippen molar-refractivity contribution < 1.29 is 0 Å². The van der Waals surface area contributed by atoms with E-state index in [-0.39, 0.29) is 0 Å². The lowest BCUT2D eigenvalue weighted by Crippen LogP contribution is -2.18. The Morgan fingerprint density at radius 1 is 1.17 bits per heavy atom. The van der Waals surface area contributed by atoms with E-state index >= 15 is 0 Å². The number of hydrogen-bond donors (Lipinski definition) is 0. The van der Waals surface area contributed by atoms with E-state index in [0.29, 0.717) is 5.41 Å². The molecule has 0 saturated heterocycles. The van der Waals surface area contributed by atoms with Gasteiger partial charge in [0.25, 0.3) is 0 Å². The molecular weight excluding hydrogens is 216 g/mol.